The van der Waals surface area contributed by atoms with Gasteiger partial charge in [0.1, 0.15) is 5.75 Å². The van der Waals surface area contributed by atoms with E-state index in [1.165, 1.54) is 17.5 Å². The van der Waals surface area contributed by atoms with Crippen LogP contribution in [0.15, 0.2) is 23.1 Å². The molecular formula is C15H22N2O4S. The molecule has 0 spiro atoms. The topological polar surface area (TPSA) is 89.7 Å². The van der Waals surface area contributed by atoms with Crippen molar-refractivity contribution in [3.05, 3.63) is 23.8 Å². The summed E-state index contributed by atoms with van der Waals surface area (Å²) in [6, 6.07) is 4.54. The lowest BCUT2D eigenvalue weighted by Gasteiger charge is -2.27. The van der Waals surface area contributed by atoms with Gasteiger partial charge in [-0.2, -0.15) is 4.31 Å². The highest BCUT2D eigenvalue weighted by Gasteiger charge is 2.34. The number of hydrogen-bond acceptors (Lipinski definition) is 4. The number of hydrogen-bond donors (Lipinski definition) is 1. The Labute approximate surface area is 131 Å². The fourth-order valence-corrected chi connectivity index (χ4v) is 4.64. The van der Waals surface area contributed by atoms with Gasteiger partial charge >= 0.3 is 0 Å². The average molecular weight is 326 g/mol. The average Bonchev–Trinajstić information content (AvgIpc) is 2.98. The van der Waals surface area contributed by atoms with Crippen molar-refractivity contribution >= 4 is 15.9 Å². The van der Waals surface area contributed by atoms with E-state index >= 15 is 0 Å². The van der Waals surface area contributed by atoms with Crippen molar-refractivity contribution in [2.24, 2.45) is 5.73 Å². The third-order valence-electron chi connectivity index (χ3n) is 4.02. The minimum atomic E-state index is -3.75. The molecule has 0 heterocycles. The lowest BCUT2D eigenvalue weighted by atomic mass is 10.2. The van der Waals surface area contributed by atoms with E-state index in [0.717, 1.165) is 31.2 Å². The summed E-state index contributed by atoms with van der Waals surface area (Å²) in [6.07, 6.45) is 3.47. The molecule has 0 atom stereocenters. The third kappa shape index (κ3) is 3.41. The van der Waals surface area contributed by atoms with Crippen molar-refractivity contribution in [2.45, 2.75) is 43.5 Å². The summed E-state index contributed by atoms with van der Waals surface area (Å²) in [5.41, 5.74) is 5.98. The van der Waals surface area contributed by atoms with Crippen molar-refractivity contribution < 1.29 is 17.9 Å². The maximum Gasteiger partial charge on any atom is 0.243 e. The molecule has 1 amide bonds. The summed E-state index contributed by atoms with van der Waals surface area (Å²) < 4.78 is 32.2. The van der Waals surface area contributed by atoms with Crippen LogP contribution in [0.25, 0.3) is 0 Å². The molecule has 1 aliphatic carbocycles. The number of benzene rings is 1. The number of aryl methyl sites for hydroxylation is 1. The number of ether oxygens (including phenoxy) is 1. The monoisotopic (exact) mass is 326 g/mol. The highest BCUT2D eigenvalue weighted by atomic mass is 32.2. The van der Waals surface area contributed by atoms with Crippen LogP contribution in [0, 0.1) is 6.92 Å². The molecule has 2 rings (SSSR count). The molecule has 1 saturated carbocycles. The summed E-state index contributed by atoms with van der Waals surface area (Å²) in [5, 5.41) is 0. The Hall–Kier alpha value is -1.60. The largest absolute Gasteiger partial charge is 0.496 e. The van der Waals surface area contributed by atoms with E-state index in [1.54, 1.807) is 19.1 Å². The highest BCUT2D eigenvalue weighted by molar-refractivity contribution is 7.89. The predicted molar refractivity (Wildman–Crippen MR) is 83.1 cm³/mol. The van der Waals surface area contributed by atoms with Gasteiger partial charge in [-0.05, 0) is 43.5 Å². The molecule has 0 unspecified atom stereocenters. The SMILES string of the molecule is COc1ccc(S(=O)(=O)N(CC(N)=O)C2CCCC2)cc1C. The molecule has 1 aromatic rings. The van der Waals surface area contributed by atoms with Crippen LogP contribution in [0.1, 0.15) is 31.2 Å². The van der Waals surface area contributed by atoms with Gasteiger partial charge in [0.05, 0.1) is 18.6 Å². The standard InChI is InChI=1S/C15H22N2O4S/c1-11-9-13(7-8-14(11)21-2)22(19,20)17(10-15(16)18)12-5-3-4-6-12/h7-9,12H,3-6,10H2,1-2H3,(H2,16,18). The first kappa shape index (κ1) is 16.8. The van der Waals surface area contributed by atoms with E-state index in [2.05, 4.69) is 0 Å². The fourth-order valence-electron chi connectivity index (χ4n) is 2.90. The number of rotatable bonds is 6. The van der Waals surface area contributed by atoms with Crippen LogP contribution in [-0.2, 0) is 14.8 Å². The molecule has 1 fully saturated rings. The van der Waals surface area contributed by atoms with E-state index in [-0.39, 0.29) is 17.5 Å². The first-order valence-electron chi connectivity index (χ1n) is 7.31. The minimum Gasteiger partial charge on any atom is -0.496 e. The lowest BCUT2D eigenvalue weighted by Crippen LogP contribution is -2.44. The zero-order chi connectivity index (χ0) is 16.3. The Morgan fingerprint density at radius 3 is 2.50 bits per heavy atom. The molecule has 22 heavy (non-hydrogen) atoms. The Bertz CT molecular complexity index is 652. The van der Waals surface area contributed by atoms with Crippen LogP contribution < -0.4 is 10.5 Å². The molecule has 2 N–H and O–H groups in total. The quantitative estimate of drug-likeness (QED) is 0.856. The summed E-state index contributed by atoms with van der Waals surface area (Å²) in [6.45, 7) is 1.50. The van der Waals surface area contributed by atoms with Gasteiger partial charge in [0, 0.05) is 6.04 Å². The number of amides is 1. The van der Waals surface area contributed by atoms with Crippen LogP contribution >= 0.6 is 0 Å². The second-order valence-corrected chi connectivity index (χ2v) is 7.48. The maximum absolute atomic E-state index is 12.9. The molecule has 6 nitrogen and oxygen atoms in total. The molecule has 7 heteroatoms. The molecule has 0 aromatic heterocycles. The second-order valence-electron chi connectivity index (χ2n) is 5.59. The van der Waals surface area contributed by atoms with Gasteiger partial charge in [0.2, 0.25) is 15.9 Å². The normalized spacial score (nSPS) is 16.1. The van der Waals surface area contributed by atoms with Gasteiger partial charge in [-0.3, -0.25) is 4.79 Å². The zero-order valence-electron chi connectivity index (χ0n) is 12.9. The smallest absolute Gasteiger partial charge is 0.243 e. The van der Waals surface area contributed by atoms with Gasteiger partial charge in [-0.1, -0.05) is 12.8 Å². The van der Waals surface area contributed by atoms with Crippen molar-refractivity contribution in [1.82, 2.24) is 4.31 Å². The lowest BCUT2D eigenvalue weighted by molar-refractivity contribution is -0.118. The molecule has 1 aromatic carbocycles. The number of carbonyl (C=O) groups is 1. The van der Waals surface area contributed by atoms with Gasteiger partial charge in [-0.25, -0.2) is 8.42 Å². The van der Waals surface area contributed by atoms with E-state index in [4.69, 9.17) is 10.5 Å². The molecule has 0 radical (unpaired) electrons. The summed E-state index contributed by atoms with van der Waals surface area (Å²) in [4.78, 5) is 11.5. The molecule has 1 aliphatic rings. The Balaban J connectivity index is 2.39. The molecule has 122 valence electrons. The zero-order valence-corrected chi connectivity index (χ0v) is 13.7. The van der Waals surface area contributed by atoms with Gasteiger partial charge < -0.3 is 10.5 Å². The van der Waals surface area contributed by atoms with Crippen LogP contribution in [0.3, 0.4) is 0 Å². The number of sulfonamides is 1. The second kappa shape index (κ2) is 6.66. The van der Waals surface area contributed by atoms with E-state index in [0.29, 0.717) is 5.75 Å². The number of nitrogens with two attached hydrogens (primary N) is 1. The van der Waals surface area contributed by atoms with E-state index in [9.17, 15) is 13.2 Å². The number of primary amides is 1. The number of nitrogens with zero attached hydrogens (tertiary/aromatic N) is 1. The third-order valence-corrected chi connectivity index (χ3v) is 5.91. The van der Waals surface area contributed by atoms with Crippen LogP contribution in [0.2, 0.25) is 0 Å². The Kier molecular flexibility index (Phi) is 5.08. The van der Waals surface area contributed by atoms with Crippen molar-refractivity contribution in [1.29, 1.82) is 0 Å². The van der Waals surface area contributed by atoms with E-state index < -0.39 is 15.9 Å². The van der Waals surface area contributed by atoms with Crippen molar-refractivity contribution in [3.63, 3.8) is 0 Å². The Morgan fingerprint density at radius 2 is 2.00 bits per heavy atom. The molecular weight excluding hydrogens is 304 g/mol. The van der Waals surface area contributed by atoms with Crippen LogP contribution in [-0.4, -0.2) is 38.3 Å². The van der Waals surface area contributed by atoms with Crippen LogP contribution in [0.5, 0.6) is 5.75 Å². The number of methoxy groups -OCH3 is 1. The molecule has 0 bridgehead atoms. The summed E-state index contributed by atoms with van der Waals surface area (Å²) in [5.74, 6) is -0.0121. The van der Waals surface area contributed by atoms with Crippen molar-refractivity contribution in [3.8, 4) is 5.75 Å². The molecule has 0 saturated heterocycles. The number of carbonyl (C=O) groups excluding carboxylic acids is 1. The highest BCUT2D eigenvalue weighted by Crippen LogP contribution is 2.30. The minimum absolute atomic E-state index is 0.153. The van der Waals surface area contributed by atoms with Crippen molar-refractivity contribution in [2.75, 3.05) is 13.7 Å². The maximum atomic E-state index is 12.9. The summed E-state index contributed by atoms with van der Waals surface area (Å²) in [7, 11) is -2.21. The van der Waals surface area contributed by atoms with Gasteiger partial charge in [-0.15, -0.1) is 0 Å². The van der Waals surface area contributed by atoms with Crippen LogP contribution in [0.4, 0.5) is 0 Å². The molecule has 0 aliphatic heterocycles. The summed E-state index contributed by atoms with van der Waals surface area (Å²) >= 11 is 0. The van der Waals surface area contributed by atoms with E-state index in [1.807, 2.05) is 0 Å². The first-order valence-corrected chi connectivity index (χ1v) is 8.75. The first-order chi connectivity index (χ1) is 10.4. The Morgan fingerprint density at radius 1 is 1.36 bits per heavy atom. The van der Waals surface area contributed by atoms with Gasteiger partial charge in [0.25, 0.3) is 0 Å². The fraction of sp³-hybridized carbons (Fsp3) is 0.533. The van der Waals surface area contributed by atoms with Gasteiger partial charge in [0.15, 0.2) is 0 Å². The predicted octanol–water partition coefficient (Wildman–Crippen LogP) is 1.42.